The first-order valence-corrected chi connectivity index (χ1v) is 9.32. The minimum atomic E-state index is -0.351. The quantitative estimate of drug-likeness (QED) is 0.708. The summed E-state index contributed by atoms with van der Waals surface area (Å²) in [5, 5.41) is 7.29. The van der Waals surface area contributed by atoms with Crippen molar-refractivity contribution in [2.24, 2.45) is 0 Å². The number of nitrogens with one attached hydrogen (secondary N) is 1. The second-order valence-corrected chi connectivity index (χ2v) is 6.81. The summed E-state index contributed by atoms with van der Waals surface area (Å²) < 4.78 is 20.9. The summed E-state index contributed by atoms with van der Waals surface area (Å²) in [5.74, 6) is -0.194. The Morgan fingerprint density at radius 2 is 2.04 bits per heavy atom. The van der Waals surface area contributed by atoms with Gasteiger partial charge in [0.15, 0.2) is 19.8 Å². The molecule has 1 atom stereocenters. The zero-order chi connectivity index (χ0) is 19.5. The maximum Gasteiger partial charge on any atom is 0.277 e. The second-order valence-electron chi connectivity index (χ2n) is 6.81. The van der Waals surface area contributed by atoms with Gasteiger partial charge in [-0.25, -0.2) is 14.1 Å². The summed E-state index contributed by atoms with van der Waals surface area (Å²) in [5.41, 5.74) is 2.56. The maximum atomic E-state index is 13.3. The molecule has 1 aliphatic heterocycles. The highest BCUT2D eigenvalue weighted by Crippen LogP contribution is 2.29. The molecular weight excluding hydrogens is 358 g/mol. The smallest absolute Gasteiger partial charge is 0.277 e. The number of hydrogen-bond donors (Lipinski definition) is 1. The summed E-state index contributed by atoms with van der Waals surface area (Å²) in [6, 6.07) is 13.3. The van der Waals surface area contributed by atoms with Crippen molar-refractivity contribution in [3.8, 4) is 11.3 Å². The highest BCUT2D eigenvalue weighted by atomic mass is 19.1. The van der Waals surface area contributed by atoms with Gasteiger partial charge in [0.05, 0.1) is 5.69 Å². The van der Waals surface area contributed by atoms with Gasteiger partial charge < -0.3 is 10.1 Å². The number of carbonyl (C=O) groups excluding carboxylic acids is 1. The van der Waals surface area contributed by atoms with Gasteiger partial charge in [0, 0.05) is 12.2 Å². The van der Waals surface area contributed by atoms with Gasteiger partial charge in [-0.1, -0.05) is 12.1 Å². The van der Waals surface area contributed by atoms with Crippen LogP contribution in [-0.4, -0.2) is 35.1 Å². The lowest BCUT2D eigenvalue weighted by Gasteiger charge is -2.24. The number of rotatable bonds is 4. The molecule has 0 bridgehead atoms. The molecule has 28 heavy (non-hydrogen) atoms. The fraction of sp³-hybridized carbons (Fsp3) is 0.250. The Hall–Kier alpha value is -3.00. The van der Waals surface area contributed by atoms with Crippen molar-refractivity contribution in [1.29, 1.82) is 0 Å². The van der Waals surface area contributed by atoms with Crippen LogP contribution in [0.1, 0.15) is 36.0 Å². The molecule has 3 aromatic rings. The van der Waals surface area contributed by atoms with Crippen molar-refractivity contribution in [2.45, 2.75) is 25.5 Å². The molecule has 1 N–H and O–H groups in total. The molecule has 142 valence electrons. The average molecular weight is 378 g/mol. The lowest BCUT2D eigenvalue weighted by molar-refractivity contribution is -0.0384. The summed E-state index contributed by atoms with van der Waals surface area (Å²) in [6.45, 7) is 0.655. The van der Waals surface area contributed by atoms with Gasteiger partial charge in [-0.3, -0.25) is 4.79 Å². The Labute approximate surface area is 163 Å². The lowest BCUT2D eigenvalue weighted by Crippen LogP contribution is -2.21. The van der Waals surface area contributed by atoms with E-state index in [1.54, 1.807) is 28.9 Å². The summed E-state index contributed by atoms with van der Waals surface area (Å²) in [4.78, 5) is 17.0. The van der Waals surface area contributed by atoms with E-state index in [0.717, 1.165) is 30.4 Å². The first-order valence-electron chi connectivity index (χ1n) is 9.32. The standard InChI is InChI=1S/C20H20BFN4O2/c21-17-4-3-5-18(23-17)24-20(27)15-12-16(13-7-9-14(22)10-8-13)26(25-15)19-6-1-2-11-28-19/h3-5,7-10,12,19H,1-2,6,11,21H2,(H,23,24,27). The molecule has 3 heterocycles. The SMILES string of the molecule is Bc1cccc(NC(=O)c2cc(-c3ccc(F)cc3)n(C3CCCCO3)n2)n1. The van der Waals surface area contributed by atoms with Crippen LogP contribution < -0.4 is 10.9 Å². The van der Waals surface area contributed by atoms with E-state index in [0.29, 0.717) is 18.1 Å². The van der Waals surface area contributed by atoms with Crippen molar-refractivity contribution in [3.63, 3.8) is 0 Å². The lowest BCUT2D eigenvalue weighted by atomic mass is 10.0. The van der Waals surface area contributed by atoms with Crippen LogP contribution in [0.25, 0.3) is 11.3 Å². The summed E-state index contributed by atoms with van der Waals surface area (Å²) in [7, 11) is 1.86. The van der Waals surface area contributed by atoms with Gasteiger partial charge in [0.25, 0.3) is 5.91 Å². The molecule has 2 aromatic heterocycles. The van der Waals surface area contributed by atoms with Crippen molar-refractivity contribution in [2.75, 3.05) is 11.9 Å². The molecule has 4 rings (SSSR count). The predicted octanol–water partition coefficient (Wildman–Crippen LogP) is 2.29. The van der Waals surface area contributed by atoms with Gasteiger partial charge in [-0.15, -0.1) is 0 Å². The maximum absolute atomic E-state index is 13.3. The van der Waals surface area contributed by atoms with Gasteiger partial charge in [-0.05, 0) is 61.3 Å². The number of halogens is 1. The number of pyridine rings is 1. The van der Waals surface area contributed by atoms with Gasteiger partial charge in [-0.2, -0.15) is 5.10 Å². The van der Waals surface area contributed by atoms with E-state index in [-0.39, 0.29) is 23.6 Å². The molecule has 0 aliphatic carbocycles. The summed E-state index contributed by atoms with van der Waals surface area (Å²) in [6.07, 6.45) is 2.61. The highest BCUT2D eigenvalue weighted by Gasteiger charge is 2.23. The fourth-order valence-corrected chi connectivity index (χ4v) is 3.27. The molecule has 1 saturated heterocycles. The number of aromatic nitrogens is 3. The molecule has 0 spiro atoms. The molecule has 1 fully saturated rings. The number of ether oxygens (including phenoxy) is 1. The zero-order valence-corrected chi connectivity index (χ0v) is 15.6. The minimum absolute atomic E-state index is 0.243. The van der Waals surface area contributed by atoms with Crippen molar-refractivity contribution >= 4 is 25.2 Å². The van der Waals surface area contributed by atoms with E-state index in [1.807, 2.05) is 20.0 Å². The average Bonchev–Trinajstić information content (AvgIpc) is 3.15. The van der Waals surface area contributed by atoms with Gasteiger partial charge in [0.2, 0.25) is 0 Å². The zero-order valence-electron chi connectivity index (χ0n) is 15.6. The Bertz CT molecular complexity index is 984. The predicted molar refractivity (Wildman–Crippen MR) is 107 cm³/mol. The largest absolute Gasteiger partial charge is 0.356 e. The van der Waals surface area contributed by atoms with Crippen molar-refractivity contribution in [1.82, 2.24) is 14.8 Å². The molecule has 6 nitrogen and oxygen atoms in total. The third kappa shape index (κ3) is 3.96. The van der Waals surface area contributed by atoms with Crippen molar-refractivity contribution in [3.05, 3.63) is 60.0 Å². The minimum Gasteiger partial charge on any atom is -0.356 e. The Kier molecular flexibility index (Phi) is 5.21. The molecule has 1 aromatic carbocycles. The van der Waals surface area contributed by atoms with E-state index in [1.165, 1.54) is 12.1 Å². The third-order valence-electron chi connectivity index (χ3n) is 4.67. The third-order valence-corrected chi connectivity index (χ3v) is 4.67. The Balaban J connectivity index is 1.67. The Morgan fingerprint density at radius 1 is 1.21 bits per heavy atom. The van der Waals surface area contributed by atoms with E-state index < -0.39 is 0 Å². The normalized spacial score (nSPS) is 16.7. The first-order chi connectivity index (χ1) is 13.6. The monoisotopic (exact) mass is 378 g/mol. The topological polar surface area (TPSA) is 69.0 Å². The highest BCUT2D eigenvalue weighted by molar-refractivity contribution is 6.30. The number of carbonyl (C=O) groups is 1. The molecule has 1 amide bonds. The van der Waals surface area contributed by atoms with Crippen LogP contribution in [0.2, 0.25) is 0 Å². The molecule has 0 saturated carbocycles. The second kappa shape index (κ2) is 7.94. The van der Waals surface area contributed by atoms with E-state index in [2.05, 4.69) is 15.4 Å². The fourth-order valence-electron chi connectivity index (χ4n) is 3.27. The van der Waals surface area contributed by atoms with Crippen LogP contribution in [0.5, 0.6) is 0 Å². The van der Waals surface area contributed by atoms with Crippen LogP contribution in [0.15, 0.2) is 48.5 Å². The number of benzene rings is 1. The van der Waals surface area contributed by atoms with Gasteiger partial charge in [0.1, 0.15) is 11.6 Å². The number of nitrogens with zero attached hydrogens (tertiary/aromatic N) is 3. The van der Waals surface area contributed by atoms with Crippen LogP contribution in [0.3, 0.4) is 0 Å². The van der Waals surface area contributed by atoms with Crippen molar-refractivity contribution < 1.29 is 13.9 Å². The molecular formula is C20H20BFN4O2. The van der Waals surface area contributed by atoms with E-state index in [9.17, 15) is 9.18 Å². The number of amides is 1. The van der Waals surface area contributed by atoms with Crippen LogP contribution in [0, 0.1) is 5.82 Å². The van der Waals surface area contributed by atoms with Crippen LogP contribution in [0.4, 0.5) is 10.2 Å². The van der Waals surface area contributed by atoms with E-state index >= 15 is 0 Å². The molecule has 1 unspecified atom stereocenters. The summed E-state index contributed by atoms with van der Waals surface area (Å²) >= 11 is 0. The molecule has 0 radical (unpaired) electrons. The Morgan fingerprint density at radius 3 is 2.75 bits per heavy atom. The van der Waals surface area contributed by atoms with Gasteiger partial charge >= 0.3 is 0 Å². The van der Waals surface area contributed by atoms with Crippen LogP contribution >= 0.6 is 0 Å². The molecule has 1 aliphatic rings. The first kappa shape index (κ1) is 18.4. The van der Waals surface area contributed by atoms with Crippen LogP contribution in [-0.2, 0) is 4.74 Å². The number of anilines is 1. The molecule has 8 heteroatoms. The number of hydrogen-bond acceptors (Lipinski definition) is 4. The van der Waals surface area contributed by atoms with E-state index in [4.69, 9.17) is 4.74 Å².